The van der Waals surface area contributed by atoms with Crippen LogP contribution in [0.5, 0.6) is 0 Å². The van der Waals surface area contributed by atoms with E-state index >= 15 is 0 Å². The number of anilines is 1. The van der Waals surface area contributed by atoms with Gasteiger partial charge in [-0.25, -0.2) is 0 Å². The van der Waals surface area contributed by atoms with Crippen LogP contribution in [0.2, 0.25) is 0 Å². The summed E-state index contributed by atoms with van der Waals surface area (Å²) in [4.78, 5) is 3.82. The van der Waals surface area contributed by atoms with Crippen LogP contribution in [-0.4, -0.2) is 13.1 Å². The van der Waals surface area contributed by atoms with Crippen LogP contribution in [0.4, 0.5) is 5.69 Å². The average Bonchev–Trinajstić information content (AvgIpc) is 3.39. The molecule has 0 atom stereocenters. The van der Waals surface area contributed by atoms with E-state index < -0.39 is 0 Å². The molecule has 0 saturated carbocycles. The van der Waals surface area contributed by atoms with Crippen LogP contribution >= 0.6 is 27.3 Å². The predicted octanol–water partition coefficient (Wildman–Crippen LogP) is 6.42. The minimum Gasteiger partial charge on any atom is -0.370 e. The molecule has 2 aliphatic rings. The standard InChI is InChI=1S/C23H19BrN2S/c24-16-5-3-15(4-6-16)19-13-21(26-10-1-2-11-26)20(14-25)23-17(19)7-8-22-18(23)9-12-27-22/h3-6,9,12-13H,1-2,7-8,10-11H2. The topological polar surface area (TPSA) is 27.0 Å². The molecule has 0 N–H and O–H groups in total. The third kappa shape index (κ3) is 2.81. The normalized spacial score (nSPS) is 15.3. The lowest BCUT2D eigenvalue weighted by Crippen LogP contribution is -2.20. The van der Waals surface area contributed by atoms with Gasteiger partial charge in [-0.1, -0.05) is 28.1 Å². The largest absolute Gasteiger partial charge is 0.370 e. The summed E-state index contributed by atoms with van der Waals surface area (Å²) in [5.74, 6) is 0. The van der Waals surface area contributed by atoms with E-state index in [0.29, 0.717) is 0 Å². The van der Waals surface area contributed by atoms with Gasteiger partial charge in [0, 0.05) is 28.0 Å². The zero-order valence-electron chi connectivity index (χ0n) is 15.0. The van der Waals surface area contributed by atoms with Crippen molar-refractivity contribution in [1.82, 2.24) is 0 Å². The first-order valence-electron chi connectivity index (χ1n) is 9.44. The van der Waals surface area contributed by atoms with Crippen LogP contribution in [0.1, 0.15) is 28.8 Å². The lowest BCUT2D eigenvalue weighted by molar-refractivity contribution is 0.945. The van der Waals surface area contributed by atoms with Gasteiger partial charge in [-0.05, 0) is 77.6 Å². The monoisotopic (exact) mass is 434 g/mol. The van der Waals surface area contributed by atoms with E-state index in [0.717, 1.165) is 41.7 Å². The number of benzene rings is 2. The van der Waals surface area contributed by atoms with Crippen LogP contribution in [0.15, 0.2) is 46.3 Å². The number of halogens is 1. The fourth-order valence-corrected chi connectivity index (χ4v) is 5.62. The van der Waals surface area contributed by atoms with Crippen molar-refractivity contribution in [3.8, 4) is 28.3 Å². The second-order valence-corrected chi connectivity index (χ2v) is 9.16. The van der Waals surface area contributed by atoms with Crippen LogP contribution in [0, 0.1) is 11.3 Å². The molecule has 1 aliphatic carbocycles. The highest BCUT2D eigenvalue weighted by atomic mass is 79.9. The van der Waals surface area contributed by atoms with Crippen LogP contribution < -0.4 is 4.90 Å². The maximum atomic E-state index is 10.1. The Labute approximate surface area is 172 Å². The molecule has 0 unspecified atom stereocenters. The molecule has 2 aromatic carbocycles. The summed E-state index contributed by atoms with van der Waals surface area (Å²) in [5.41, 5.74) is 8.30. The van der Waals surface area contributed by atoms with Gasteiger partial charge in [0.1, 0.15) is 6.07 Å². The molecule has 1 saturated heterocycles. The van der Waals surface area contributed by atoms with E-state index in [2.05, 4.69) is 68.7 Å². The van der Waals surface area contributed by atoms with Gasteiger partial charge < -0.3 is 4.90 Å². The highest BCUT2D eigenvalue weighted by Gasteiger charge is 2.28. The number of fused-ring (bicyclic) bond motifs is 3. The van der Waals surface area contributed by atoms with Gasteiger partial charge in [0.15, 0.2) is 0 Å². The Morgan fingerprint density at radius 1 is 1.00 bits per heavy atom. The first-order valence-corrected chi connectivity index (χ1v) is 11.1. The molecule has 2 heterocycles. The number of hydrogen-bond donors (Lipinski definition) is 0. The third-order valence-corrected chi connectivity index (χ3v) is 7.25. The number of nitrogens with zero attached hydrogens (tertiary/aromatic N) is 2. The number of nitriles is 1. The summed E-state index contributed by atoms with van der Waals surface area (Å²) in [6.45, 7) is 2.09. The molecule has 0 radical (unpaired) electrons. The molecule has 1 aliphatic heterocycles. The molecule has 2 nitrogen and oxygen atoms in total. The van der Waals surface area contributed by atoms with Crippen LogP contribution in [0.25, 0.3) is 22.3 Å². The Bertz CT molecular complexity index is 1050. The van der Waals surface area contributed by atoms with E-state index in [1.807, 2.05) is 11.3 Å². The molecule has 4 heteroatoms. The van der Waals surface area contributed by atoms with Crippen molar-refractivity contribution in [1.29, 1.82) is 5.26 Å². The van der Waals surface area contributed by atoms with Crippen LogP contribution in [0.3, 0.4) is 0 Å². The first kappa shape index (κ1) is 17.0. The second-order valence-electron chi connectivity index (χ2n) is 7.24. The smallest absolute Gasteiger partial charge is 0.102 e. The molecule has 3 aromatic rings. The number of thiophene rings is 1. The van der Waals surface area contributed by atoms with Gasteiger partial charge in [0.25, 0.3) is 0 Å². The van der Waals surface area contributed by atoms with Gasteiger partial charge in [0.2, 0.25) is 0 Å². The fraction of sp³-hybridized carbons (Fsp3) is 0.261. The van der Waals surface area contributed by atoms with Crippen molar-refractivity contribution in [3.05, 3.63) is 62.3 Å². The summed E-state index contributed by atoms with van der Waals surface area (Å²) >= 11 is 5.37. The molecule has 0 amide bonds. The van der Waals surface area contributed by atoms with Crippen molar-refractivity contribution in [2.45, 2.75) is 25.7 Å². The maximum absolute atomic E-state index is 10.1. The molecular weight excluding hydrogens is 416 g/mol. The Morgan fingerprint density at radius 2 is 1.78 bits per heavy atom. The summed E-state index contributed by atoms with van der Waals surface area (Å²) in [6.07, 6.45) is 4.49. The Kier molecular flexibility index (Phi) is 4.30. The van der Waals surface area contributed by atoms with E-state index in [4.69, 9.17) is 0 Å². The van der Waals surface area contributed by atoms with Gasteiger partial charge in [-0.3, -0.25) is 0 Å². The van der Waals surface area contributed by atoms with E-state index in [-0.39, 0.29) is 0 Å². The third-order valence-electron chi connectivity index (χ3n) is 5.74. The molecule has 27 heavy (non-hydrogen) atoms. The second kappa shape index (κ2) is 6.82. The molecule has 134 valence electrons. The minimum absolute atomic E-state index is 0.868. The Balaban J connectivity index is 1.82. The zero-order valence-corrected chi connectivity index (χ0v) is 17.4. The highest BCUT2D eigenvalue weighted by molar-refractivity contribution is 9.10. The first-order chi connectivity index (χ1) is 13.3. The lowest BCUT2D eigenvalue weighted by Gasteiger charge is -2.27. The zero-order chi connectivity index (χ0) is 18.4. The fourth-order valence-electron chi connectivity index (χ4n) is 4.47. The SMILES string of the molecule is N#Cc1c(N2CCCC2)cc(-c2ccc(Br)cc2)c2c1-c1ccsc1CC2. The average molecular weight is 435 g/mol. The predicted molar refractivity (Wildman–Crippen MR) is 116 cm³/mol. The molecule has 1 fully saturated rings. The Morgan fingerprint density at radius 3 is 2.52 bits per heavy atom. The lowest BCUT2D eigenvalue weighted by atomic mass is 9.81. The molecule has 5 rings (SSSR count). The van der Waals surface area contributed by atoms with Gasteiger partial charge in [-0.15, -0.1) is 11.3 Å². The summed E-state index contributed by atoms with van der Waals surface area (Å²) in [6, 6.07) is 15.6. The van der Waals surface area contributed by atoms with Crippen molar-refractivity contribution < 1.29 is 0 Å². The van der Waals surface area contributed by atoms with Crippen molar-refractivity contribution in [3.63, 3.8) is 0 Å². The maximum Gasteiger partial charge on any atom is 0.102 e. The molecule has 1 aromatic heterocycles. The Hall–Kier alpha value is -2.09. The minimum atomic E-state index is 0.868. The van der Waals surface area contributed by atoms with E-state index in [1.165, 1.54) is 45.5 Å². The summed E-state index contributed by atoms with van der Waals surface area (Å²) < 4.78 is 1.09. The van der Waals surface area contributed by atoms with Crippen molar-refractivity contribution in [2.24, 2.45) is 0 Å². The highest BCUT2D eigenvalue weighted by Crippen LogP contribution is 2.46. The quantitative estimate of drug-likeness (QED) is 0.465. The van der Waals surface area contributed by atoms with Gasteiger partial charge >= 0.3 is 0 Å². The summed E-state index contributed by atoms with van der Waals surface area (Å²) in [5, 5.41) is 12.3. The van der Waals surface area contributed by atoms with Gasteiger partial charge in [-0.2, -0.15) is 5.26 Å². The number of aryl methyl sites for hydroxylation is 1. The summed E-state index contributed by atoms with van der Waals surface area (Å²) in [7, 11) is 0. The van der Waals surface area contributed by atoms with Crippen molar-refractivity contribution >= 4 is 33.0 Å². The molecule has 0 bridgehead atoms. The van der Waals surface area contributed by atoms with Gasteiger partial charge in [0.05, 0.1) is 11.3 Å². The van der Waals surface area contributed by atoms with E-state index in [1.54, 1.807) is 0 Å². The molecular formula is C23H19BrN2S. The number of hydrogen-bond acceptors (Lipinski definition) is 3. The number of rotatable bonds is 2. The van der Waals surface area contributed by atoms with Crippen molar-refractivity contribution in [2.75, 3.05) is 18.0 Å². The van der Waals surface area contributed by atoms with Crippen LogP contribution in [-0.2, 0) is 12.8 Å². The molecule has 0 spiro atoms. The van der Waals surface area contributed by atoms with E-state index in [9.17, 15) is 5.26 Å².